The van der Waals surface area contributed by atoms with Crippen LogP contribution in [-0.2, 0) is 23.8 Å². The third kappa shape index (κ3) is 9.49. The summed E-state index contributed by atoms with van der Waals surface area (Å²) < 4.78 is 16.0. The molecule has 3 rings (SSSR count). The largest absolute Gasteiger partial charge is 0.378 e. The van der Waals surface area contributed by atoms with Gasteiger partial charge >= 0.3 is 0 Å². The highest BCUT2D eigenvalue weighted by atomic mass is 35.5. The molecule has 1 aromatic carbocycles. The van der Waals surface area contributed by atoms with E-state index in [1.807, 2.05) is 6.07 Å². The Morgan fingerprint density at radius 1 is 1.00 bits per heavy atom. The first-order valence-electron chi connectivity index (χ1n) is 12.3. The van der Waals surface area contributed by atoms with Gasteiger partial charge < -0.3 is 30.2 Å². The van der Waals surface area contributed by atoms with Crippen molar-refractivity contribution in [3.05, 3.63) is 28.2 Å². The summed E-state index contributed by atoms with van der Waals surface area (Å²) in [6, 6.07) is 5.33. The minimum Gasteiger partial charge on any atom is -0.378 e. The Morgan fingerprint density at radius 2 is 1.69 bits per heavy atom. The van der Waals surface area contributed by atoms with Gasteiger partial charge in [0.1, 0.15) is 12.4 Å². The Bertz CT molecular complexity index is 896. The molecule has 12 heteroatoms. The second-order valence-electron chi connectivity index (χ2n) is 8.66. The van der Waals surface area contributed by atoms with Crippen molar-refractivity contribution in [2.24, 2.45) is 16.8 Å². The number of nitrogens with zero attached hydrogens (tertiary/aromatic N) is 3. The van der Waals surface area contributed by atoms with Gasteiger partial charge in [-0.1, -0.05) is 23.2 Å². The van der Waals surface area contributed by atoms with Gasteiger partial charge in [0.05, 0.1) is 48.8 Å². The zero-order valence-electron chi connectivity index (χ0n) is 20.4. The predicted octanol–water partition coefficient (Wildman–Crippen LogP) is 2.27. The van der Waals surface area contributed by atoms with Crippen molar-refractivity contribution in [2.75, 3.05) is 70.8 Å². The number of carbonyl (C=O) groups excluding carboxylic acids is 2. The number of carbonyl (C=O) groups is 2. The average Bonchev–Trinajstić information content (AvgIpc) is 3.33. The zero-order valence-corrected chi connectivity index (χ0v) is 21.9. The number of amides is 2. The summed E-state index contributed by atoms with van der Waals surface area (Å²) in [7, 11) is 0. The number of hydrazone groups is 1. The fourth-order valence-corrected chi connectivity index (χ4v) is 4.30. The van der Waals surface area contributed by atoms with Gasteiger partial charge in [-0.3, -0.25) is 14.6 Å². The maximum absolute atomic E-state index is 12.6. The molecule has 10 nitrogen and oxygen atoms in total. The molecule has 200 valence electrons. The molecule has 1 fully saturated rings. The molecule has 0 radical (unpaired) electrons. The Balaban J connectivity index is 1.28. The van der Waals surface area contributed by atoms with Crippen LogP contribution in [0.25, 0.3) is 0 Å². The van der Waals surface area contributed by atoms with E-state index < -0.39 is 0 Å². The minimum atomic E-state index is -0.0497. The molecular weight excluding hydrogens is 509 g/mol. The molecular formula is C24H35Cl2N5O5. The minimum absolute atomic E-state index is 0.0351. The third-order valence-corrected chi connectivity index (χ3v) is 6.70. The van der Waals surface area contributed by atoms with Gasteiger partial charge in [-0.05, 0) is 37.0 Å². The first kappa shape index (κ1) is 28.6. The number of ether oxygens (including phenoxy) is 3. The lowest BCUT2D eigenvalue weighted by Gasteiger charge is -2.31. The first-order valence-corrected chi connectivity index (χ1v) is 13.0. The molecule has 0 saturated carbocycles. The zero-order chi connectivity index (χ0) is 25.8. The molecule has 0 spiro atoms. The van der Waals surface area contributed by atoms with Crippen molar-refractivity contribution in [3.63, 3.8) is 0 Å². The van der Waals surface area contributed by atoms with E-state index >= 15 is 0 Å². The van der Waals surface area contributed by atoms with Crippen molar-refractivity contribution < 1.29 is 23.8 Å². The molecule has 36 heavy (non-hydrogen) atoms. The fraction of sp³-hybridized carbons (Fsp3) is 0.625. The van der Waals surface area contributed by atoms with E-state index in [1.165, 1.54) is 0 Å². The van der Waals surface area contributed by atoms with Crippen LogP contribution in [0.5, 0.6) is 0 Å². The van der Waals surface area contributed by atoms with E-state index in [-0.39, 0.29) is 24.3 Å². The van der Waals surface area contributed by atoms with E-state index in [0.29, 0.717) is 87.9 Å². The Kier molecular flexibility index (Phi) is 12.2. The normalized spacial score (nSPS) is 16.4. The maximum Gasteiger partial charge on any atom is 0.248 e. The topological polar surface area (TPSA) is 119 Å². The van der Waals surface area contributed by atoms with Gasteiger partial charge in [-0.15, -0.1) is 0 Å². The quantitative estimate of drug-likeness (QED) is 0.366. The number of nitrogens with two attached hydrogens (primary N) is 1. The van der Waals surface area contributed by atoms with Crippen LogP contribution in [-0.4, -0.2) is 88.4 Å². The van der Waals surface area contributed by atoms with Gasteiger partial charge in [0.25, 0.3) is 0 Å². The summed E-state index contributed by atoms with van der Waals surface area (Å²) in [6.45, 7) is 4.69. The molecule has 0 bridgehead atoms. The van der Waals surface area contributed by atoms with Gasteiger partial charge in [-0.25, -0.2) is 0 Å². The molecule has 0 unspecified atom stereocenters. The number of hydrogen-bond acceptors (Lipinski definition) is 8. The Labute approximate surface area is 222 Å². The molecule has 2 amide bonds. The van der Waals surface area contributed by atoms with E-state index in [2.05, 4.69) is 10.4 Å². The standard InChI is InChI=1S/C24H35Cl2N5O5/c25-20-2-1-19(16-21(20)26)31-9-5-22(29-31)28-23(32)15-18-3-7-30(8-4-18)24(33)17-36-14-13-35-12-11-34-10-6-27/h1-2,16,18H,3-15,17,27H2,(H,28,29,32). The predicted molar refractivity (Wildman–Crippen MR) is 139 cm³/mol. The van der Waals surface area contributed by atoms with Crippen LogP contribution in [0.1, 0.15) is 25.7 Å². The number of benzene rings is 1. The summed E-state index contributed by atoms with van der Waals surface area (Å²) in [5, 5.41) is 10.2. The fourth-order valence-electron chi connectivity index (χ4n) is 4.01. The highest BCUT2D eigenvalue weighted by Crippen LogP contribution is 2.28. The highest BCUT2D eigenvalue weighted by Gasteiger charge is 2.25. The number of piperidine rings is 1. The number of nitrogens with one attached hydrogen (secondary N) is 1. The average molecular weight is 544 g/mol. The van der Waals surface area contributed by atoms with Crippen LogP contribution in [0, 0.1) is 5.92 Å². The van der Waals surface area contributed by atoms with E-state index in [4.69, 9.17) is 43.1 Å². The maximum atomic E-state index is 12.6. The summed E-state index contributed by atoms with van der Waals surface area (Å²) in [6.07, 6.45) is 2.63. The molecule has 1 aromatic rings. The van der Waals surface area contributed by atoms with Crippen LogP contribution in [0.2, 0.25) is 10.0 Å². The highest BCUT2D eigenvalue weighted by molar-refractivity contribution is 6.42. The van der Waals surface area contributed by atoms with Crippen molar-refractivity contribution in [1.82, 2.24) is 10.2 Å². The molecule has 0 aromatic heterocycles. The Morgan fingerprint density at radius 3 is 2.39 bits per heavy atom. The van der Waals surface area contributed by atoms with Gasteiger partial charge in [0.15, 0.2) is 0 Å². The Hall–Kier alpha value is -1.95. The van der Waals surface area contributed by atoms with Crippen molar-refractivity contribution in [1.29, 1.82) is 0 Å². The van der Waals surface area contributed by atoms with Crippen molar-refractivity contribution in [2.45, 2.75) is 25.7 Å². The number of amidine groups is 1. The molecule has 3 N–H and O–H groups in total. The number of anilines is 1. The summed E-state index contributed by atoms with van der Waals surface area (Å²) in [5.41, 5.74) is 6.16. The van der Waals surface area contributed by atoms with E-state index in [9.17, 15) is 9.59 Å². The summed E-state index contributed by atoms with van der Waals surface area (Å²) >= 11 is 12.1. The van der Waals surface area contributed by atoms with Gasteiger partial charge in [0, 0.05) is 39.0 Å². The summed E-state index contributed by atoms with van der Waals surface area (Å²) in [4.78, 5) is 26.7. The lowest BCUT2D eigenvalue weighted by atomic mass is 9.93. The molecule has 0 atom stereocenters. The van der Waals surface area contributed by atoms with Crippen LogP contribution in [0.3, 0.4) is 0 Å². The van der Waals surface area contributed by atoms with Crippen LogP contribution < -0.4 is 16.1 Å². The monoisotopic (exact) mass is 543 g/mol. The van der Waals surface area contributed by atoms with Crippen LogP contribution in [0.4, 0.5) is 5.69 Å². The molecule has 1 saturated heterocycles. The number of hydrogen-bond donors (Lipinski definition) is 2. The molecule has 2 aliphatic rings. The number of likely N-dealkylation sites (tertiary alicyclic amines) is 1. The molecule has 0 aliphatic carbocycles. The van der Waals surface area contributed by atoms with Crippen LogP contribution >= 0.6 is 23.2 Å². The van der Waals surface area contributed by atoms with Crippen molar-refractivity contribution in [3.8, 4) is 0 Å². The number of rotatable bonds is 13. The molecule has 2 heterocycles. The van der Waals surface area contributed by atoms with Crippen molar-refractivity contribution >= 4 is 46.5 Å². The van der Waals surface area contributed by atoms with Gasteiger partial charge in [0.2, 0.25) is 11.8 Å². The van der Waals surface area contributed by atoms with E-state index in [0.717, 1.165) is 18.5 Å². The molecule has 2 aliphatic heterocycles. The number of halogens is 2. The van der Waals surface area contributed by atoms with Crippen LogP contribution in [0.15, 0.2) is 23.3 Å². The summed E-state index contributed by atoms with van der Waals surface area (Å²) in [5.74, 6) is 0.791. The van der Waals surface area contributed by atoms with Gasteiger partial charge in [-0.2, -0.15) is 5.10 Å². The third-order valence-electron chi connectivity index (χ3n) is 5.96. The van der Waals surface area contributed by atoms with E-state index in [1.54, 1.807) is 22.0 Å². The lowest BCUT2D eigenvalue weighted by molar-refractivity contribution is -0.138. The first-order chi connectivity index (χ1) is 17.5. The second kappa shape index (κ2) is 15.3. The second-order valence-corrected chi connectivity index (χ2v) is 9.48. The lowest BCUT2D eigenvalue weighted by Crippen LogP contribution is -2.41. The SMILES string of the molecule is NCCOCCOCCOCC(=O)N1CCC(CC(=O)NC2=NN(c3ccc(Cl)c(Cl)c3)CC2)CC1. The smallest absolute Gasteiger partial charge is 0.248 e.